The van der Waals surface area contributed by atoms with Gasteiger partial charge in [-0.05, 0) is 4.73 Å². The van der Waals surface area contributed by atoms with Crippen LogP contribution in [-0.4, -0.2) is 19.8 Å². The number of anilines is 3. The molecule has 1 unspecified atom stereocenters. The van der Waals surface area contributed by atoms with Crippen LogP contribution in [0.25, 0.3) is 22.3 Å². The zero-order chi connectivity index (χ0) is 17.5. The molecule has 2 aromatic heterocycles. The minimum Gasteiger partial charge on any atom is -0.744 e. The number of aromatic nitrogens is 4. The van der Waals surface area contributed by atoms with E-state index >= 15 is 0 Å². The van der Waals surface area contributed by atoms with Crippen LogP contribution < -0.4 is 31.4 Å². The summed E-state index contributed by atoms with van der Waals surface area (Å²) in [6.07, 6.45) is 0. The van der Waals surface area contributed by atoms with Gasteiger partial charge in [-0.3, -0.25) is 9.19 Å². The van der Waals surface area contributed by atoms with Crippen molar-refractivity contribution in [3.8, 4) is 11.3 Å². The van der Waals surface area contributed by atoms with Gasteiger partial charge in [-0.2, -0.15) is 0 Å². The molecule has 0 aliphatic carbocycles. The van der Waals surface area contributed by atoms with Crippen LogP contribution in [0.1, 0.15) is 0 Å². The van der Waals surface area contributed by atoms with E-state index < -0.39 is 13.8 Å². The normalized spacial score (nSPS) is 13.6. The Balaban J connectivity index is 2.41. The first kappa shape index (κ1) is 15.9. The average molecular weight is 349 g/mol. The molecule has 2 heterocycles. The van der Waals surface area contributed by atoms with Crippen molar-refractivity contribution in [3.05, 3.63) is 30.3 Å². The molecule has 0 aliphatic rings. The molecule has 124 valence electrons. The molecule has 0 amide bonds. The summed E-state index contributed by atoms with van der Waals surface area (Å²) in [4.78, 5) is 31.9. The van der Waals surface area contributed by atoms with Crippen LogP contribution in [0, 0.1) is 0 Å². The van der Waals surface area contributed by atoms with Crippen LogP contribution in [0.2, 0.25) is 0 Å². The van der Waals surface area contributed by atoms with Gasteiger partial charge in [0.05, 0.1) is 5.69 Å². The number of phosphoric acid groups is 1. The maximum absolute atomic E-state index is 11.1. The van der Waals surface area contributed by atoms with Gasteiger partial charge in [0.1, 0.15) is 5.39 Å². The van der Waals surface area contributed by atoms with Gasteiger partial charge in [-0.25, -0.2) is 4.98 Å². The highest BCUT2D eigenvalue weighted by atomic mass is 31.2. The maximum atomic E-state index is 11.1. The molecule has 12 heteroatoms. The first-order chi connectivity index (χ1) is 11.3. The van der Waals surface area contributed by atoms with Crippen LogP contribution in [-0.2, 0) is 4.57 Å². The molecule has 0 bridgehead atoms. The molecule has 1 aromatic carbocycles. The predicted molar refractivity (Wildman–Crippen MR) is 82.6 cm³/mol. The number of hydrogen-bond donors (Lipinski definition) is 4. The van der Waals surface area contributed by atoms with E-state index in [-0.39, 0.29) is 22.8 Å². The summed E-state index contributed by atoms with van der Waals surface area (Å²) >= 11 is 0. The third kappa shape index (κ3) is 2.91. The lowest BCUT2D eigenvalue weighted by Gasteiger charge is -2.16. The SMILES string of the molecule is Nc1nc(-c2ccccc2)c2c(N)nc(N)[n+](OP(=O)([O-])O)c2n1. The molecular formula is C12H12N7O4P. The van der Waals surface area contributed by atoms with Gasteiger partial charge in [0.2, 0.25) is 5.82 Å². The third-order valence-corrected chi connectivity index (χ3v) is 3.40. The van der Waals surface area contributed by atoms with Crippen molar-refractivity contribution >= 4 is 36.6 Å². The smallest absolute Gasteiger partial charge is 0.384 e. The molecule has 0 radical (unpaired) electrons. The second-order valence-corrected chi connectivity index (χ2v) is 5.80. The van der Waals surface area contributed by atoms with Gasteiger partial charge in [0.25, 0.3) is 11.6 Å². The first-order valence-corrected chi connectivity index (χ1v) is 7.99. The van der Waals surface area contributed by atoms with E-state index in [0.717, 1.165) is 0 Å². The lowest BCUT2D eigenvalue weighted by Crippen LogP contribution is -2.47. The van der Waals surface area contributed by atoms with Crippen LogP contribution in [0.3, 0.4) is 0 Å². The van der Waals surface area contributed by atoms with Crippen molar-refractivity contribution in [1.29, 1.82) is 0 Å². The molecule has 0 spiro atoms. The van der Waals surface area contributed by atoms with E-state index in [9.17, 15) is 9.46 Å². The van der Waals surface area contributed by atoms with Crippen molar-refractivity contribution in [2.45, 2.75) is 0 Å². The Labute approximate surface area is 134 Å². The Morgan fingerprint density at radius 3 is 2.42 bits per heavy atom. The molecule has 3 aromatic rings. The van der Waals surface area contributed by atoms with Gasteiger partial charge >= 0.3 is 13.8 Å². The van der Waals surface area contributed by atoms with Crippen molar-refractivity contribution in [2.24, 2.45) is 0 Å². The highest BCUT2D eigenvalue weighted by Crippen LogP contribution is 2.30. The first-order valence-electron chi connectivity index (χ1n) is 6.50. The maximum Gasteiger partial charge on any atom is 0.384 e. The molecule has 3 rings (SSSR count). The molecule has 7 N–H and O–H groups in total. The number of fused-ring (bicyclic) bond motifs is 1. The van der Waals surface area contributed by atoms with Gasteiger partial charge in [0.15, 0.2) is 0 Å². The average Bonchev–Trinajstić information content (AvgIpc) is 2.50. The highest BCUT2D eigenvalue weighted by Gasteiger charge is 2.26. The van der Waals surface area contributed by atoms with Gasteiger partial charge in [-0.1, -0.05) is 40.3 Å². The Hall–Kier alpha value is -3.01. The Bertz CT molecular complexity index is 976. The second kappa shape index (κ2) is 5.57. The fourth-order valence-corrected chi connectivity index (χ4v) is 2.54. The van der Waals surface area contributed by atoms with E-state index in [2.05, 4.69) is 19.6 Å². The lowest BCUT2D eigenvalue weighted by molar-refractivity contribution is -0.834. The van der Waals surface area contributed by atoms with Crippen LogP contribution in [0.5, 0.6) is 0 Å². The molecule has 0 saturated heterocycles. The number of nitrogen functional groups attached to an aromatic ring is 3. The van der Waals surface area contributed by atoms with E-state index in [4.69, 9.17) is 22.1 Å². The van der Waals surface area contributed by atoms with Crippen LogP contribution in [0.4, 0.5) is 17.7 Å². The Morgan fingerprint density at radius 2 is 1.79 bits per heavy atom. The minimum absolute atomic E-state index is 0.0557. The zero-order valence-electron chi connectivity index (χ0n) is 12.0. The quantitative estimate of drug-likeness (QED) is 0.323. The Kier molecular flexibility index (Phi) is 3.68. The second-order valence-electron chi connectivity index (χ2n) is 4.69. The third-order valence-electron chi connectivity index (χ3n) is 3.03. The van der Waals surface area contributed by atoms with E-state index in [1.165, 1.54) is 0 Å². The van der Waals surface area contributed by atoms with Crippen molar-refractivity contribution in [2.75, 3.05) is 17.2 Å². The summed E-state index contributed by atoms with van der Waals surface area (Å²) in [5, 5.41) is 0.165. The number of nitrogens with two attached hydrogens (primary N) is 3. The summed E-state index contributed by atoms with van der Waals surface area (Å²) in [6, 6.07) is 8.83. The molecule has 11 nitrogen and oxygen atoms in total. The number of hydrogen-bond acceptors (Lipinski definition) is 9. The summed E-state index contributed by atoms with van der Waals surface area (Å²) in [5.41, 5.74) is 18.0. The monoisotopic (exact) mass is 349 g/mol. The summed E-state index contributed by atoms with van der Waals surface area (Å²) in [7, 11) is -5.19. The Morgan fingerprint density at radius 1 is 1.12 bits per heavy atom. The van der Waals surface area contributed by atoms with Gasteiger partial charge < -0.3 is 27.0 Å². The summed E-state index contributed by atoms with van der Waals surface area (Å²) < 4.78 is 16.0. The number of rotatable bonds is 3. The van der Waals surface area contributed by atoms with Crippen molar-refractivity contribution in [3.63, 3.8) is 0 Å². The fourth-order valence-electron chi connectivity index (χ4n) is 2.17. The van der Waals surface area contributed by atoms with Crippen LogP contribution in [0.15, 0.2) is 30.3 Å². The molecule has 1 atom stereocenters. The topological polar surface area (TPSA) is 190 Å². The molecule has 0 saturated carbocycles. The highest BCUT2D eigenvalue weighted by molar-refractivity contribution is 7.44. The number of benzene rings is 1. The van der Waals surface area contributed by atoms with Crippen molar-refractivity contribution in [1.82, 2.24) is 15.0 Å². The summed E-state index contributed by atoms with van der Waals surface area (Å²) in [5.74, 6) is -0.676. The van der Waals surface area contributed by atoms with E-state index in [0.29, 0.717) is 16.0 Å². The van der Waals surface area contributed by atoms with Crippen molar-refractivity contribution < 1.29 is 23.7 Å². The molecule has 0 aliphatic heterocycles. The zero-order valence-corrected chi connectivity index (χ0v) is 12.9. The van der Waals surface area contributed by atoms with Gasteiger partial charge in [0, 0.05) is 5.56 Å². The standard InChI is InChI=1S/C12H12N7O4P/c13-9-7-8(6-4-2-1-3-5-6)16-11(14)18-10(7)19(12(15)17-9)23-24(20,21)22/h1-5H,(H7,13,14,15,16,17,18,20,21,22). The number of nitrogens with zero attached hydrogens (tertiary/aromatic N) is 4. The largest absolute Gasteiger partial charge is 0.744 e. The summed E-state index contributed by atoms with van der Waals surface area (Å²) in [6.45, 7) is 0. The molecular weight excluding hydrogens is 337 g/mol. The van der Waals surface area contributed by atoms with E-state index in [1.807, 2.05) is 0 Å². The molecule has 0 fully saturated rings. The lowest BCUT2D eigenvalue weighted by atomic mass is 10.1. The van der Waals surface area contributed by atoms with Crippen LogP contribution >= 0.6 is 7.82 Å². The minimum atomic E-state index is -5.19. The molecule has 24 heavy (non-hydrogen) atoms. The fraction of sp³-hybridized carbons (Fsp3) is 0. The predicted octanol–water partition coefficient (Wildman–Crippen LogP) is -1.38. The van der Waals surface area contributed by atoms with Gasteiger partial charge in [-0.15, -0.1) is 0 Å². The van der Waals surface area contributed by atoms with E-state index in [1.54, 1.807) is 30.3 Å².